The van der Waals surface area contributed by atoms with Crippen molar-refractivity contribution in [2.75, 3.05) is 17.7 Å². The molecule has 1 amide bonds. The van der Waals surface area contributed by atoms with E-state index in [1.54, 1.807) is 0 Å². The Bertz CT molecular complexity index is 823. The molecule has 1 aromatic carbocycles. The Balaban J connectivity index is 1.34. The van der Waals surface area contributed by atoms with Crippen LogP contribution in [0.25, 0.3) is 0 Å². The van der Waals surface area contributed by atoms with Crippen LogP contribution < -0.4 is 10.6 Å². The van der Waals surface area contributed by atoms with Crippen molar-refractivity contribution in [2.45, 2.75) is 49.8 Å². The average Bonchev–Trinajstić information content (AvgIpc) is 3.33. The highest BCUT2D eigenvalue weighted by Gasteiger charge is 2.31. The lowest BCUT2D eigenvalue weighted by Crippen LogP contribution is -2.33. The first kappa shape index (κ1) is 18.2. The molecule has 0 saturated carbocycles. The second-order valence-electron chi connectivity index (χ2n) is 7.14. The third-order valence-corrected chi connectivity index (χ3v) is 5.66. The Kier molecular flexibility index (Phi) is 5.27. The van der Waals surface area contributed by atoms with Gasteiger partial charge in [-0.25, -0.2) is 4.79 Å². The zero-order valence-electron chi connectivity index (χ0n) is 15.5. The van der Waals surface area contributed by atoms with E-state index < -0.39 is 6.09 Å². The zero-order valence-corrected chi connectivity index (χ0v) is 16.3. The zero-order chi connectivity index (χ0) is 18.8. The smallest absolute Gasteiger partial charge is 0.407 e. The quantitative estimate of drug-likeness (QED) is 0.723. The largest absolute Gasteiger partial charge is 0.444 e. The second-order valence-corrected chi connectivity index (χ2v) is 8.28. The molecule has 3 heterocycles. The number of H-pyrrole nitrogens is 1. The molecule has 1 aromatic heterocycles. The Morgan fingerprint density at radius 2 is 2.30 bits per heavy atom. The molecule has 8 heteroatoms. The maximum absolute atomic E-state index is 11.7. The number of anilines is 2. The van der Waals surface area contributed by atoms with E-state index in [0.717, 1.165) is 29.4 Å². The van der Waals surface area contributed by atoms with E-state index in [0.29, 0.717) is 13.0 Å². The fourth-order valence-corrected chi connectivity index (χ4v) is 4.35. The van der Waals surface area contributed by atoms with Gasteiger partial charge >= 0.3 is 6.09 Å². The van der Waals surface area contributed by atoms with Crippen LogP contribution in [0.2, 0.25) is 0 Å². The molecule has 27 heavy (non-hydrogen) atoms. The summed E-state index contributed by atoms with van der Waals surface area (Å²) in [6, 6.07) is 8.42. The van der Waals surface area contributed by atoms with Gasteiger partial charge in [-0.3, -0.25) is 5.10 Å². The van der Waals surface area contributed by atoms with E-state index in [4.69, 9.17) is 9.47 Å². The number of carbonyl (C=O) groups excluding carboxylic acids is 1. The lowest BCUT2D eigenvalue weighted by atomic mass is 10.1. The molecule has 3 N–H and O–H groups in total. The summed E-state index contributed by atoms with van der Waals surface area (Å²) in [6.45, 7) is 4.18. The molecule has 4 rings (SSSR count). The van der Waals surface area contributed by atoms with Gasteiger partial charge in [-0.05, 0) is 44.0 Å². The van der Waals surface area contributed by atoms with Gasteiger partial charge in [0.2, 0.25) is 0 Å². The summed E-state index contributed by atoms with van der Waals surface area (Å²) >= 11 is 1.90. The molecule has 0 aliphatic carbocycles. The molecule has 144 valence electrons. The standard InChI is InChI=1S/C19H24N4O3S/c1-11(2)20-19(24)26-14-8-16(25-10-14)15-9-18(23-22-15)21-13-3-4-17-12(7-13)5-6-27-17/h3-4,7,9,11,14,16H,5-6,8,10H2,1-2H3,(H,20,24)(H2,21,22,23)/t14?,16-/m1/s1. The van der Waals surface area contributed by atoms with Crippen LogP contribution in [0.15, 0.2) is 29.2 Å². The molecular formula is C19H24N4O3S. The number of rotatable bonds is 5. The Morgan fingerprint density at radius 1 is 1.41 bits per heavy atom. The van der Waals surface area contributed by atoms with Crippen LogP contribution in [-0.2, 0) is 15.9 Å². The third-order valence-electron chi connectivity index (χ3n) is 4.55. The minimum atomic E-state index is -0.402. The van der Waals surface area contributed by atoms with Crippen molar-refractivity contribution in [2.24, 2.45) is 0 Å². The van der Waals surface area contributed by atoms with Crippen molar-refractivity contribution in [1.29, 1.82) is 0 Å². The molecule has 0 radical (unpaired) electrons. The number of nitrogens with zero attached hydrogens (tertiary/aromatic N) is 1. The number of ether oxygens (including phenoxy) is 2. The number of carbonyl (C=O) groups is 1. The summed E-state index contributed by atoms with van der Waals surface area (Å²) in [5.74, 6) is 1.91. The third kappa shape index (κ3) is 4.39. The Morgan fingerprint density at radius 3 is 3.15 bits per heavy atom. The van der Waals surface area contributed by atoms with Gasteiger partial charge in [-0.2, -0.15) is 5.10 Å². The van der Waals surface area contributed by atoms with Gasteiger partial charge < -0.3 is 20.1 Å². The minimum absolute atomic E-state index is 0.0506. The van der Waals surface area contributed by atoms with E-state index in [2.05, 4.69) is 39.0 Å². The van der Waals surface area contributed by atoms with Crippen molar-refractivity contribution in [1.82, 2.24) is 15.5 Å². The number of fused-ring (bicyclic) bond motifs is 1. The van der Waals surface area contributed by atoms with Crippen LogP contribution in [0.1, 0.15) is 37.6 Å². The molecule has 1 fully saturated rings. The lowest BCUT2D eigenvalue weighted by Gasteiger charge is -2.13. The first-order valence-electron chi connectivity index (χ1n) is 9.23. The number of thioether (sulfide) groups is 1. The number of hydrogen-bond acceptors (Lipinski definition) is 6. The molecule has 0 bridgehead atoms. The van der Waals surface area contributed by atoms with Gasteiger partial charge in [-0.1, -0.05) is 0 Å². The van der Waals surface area contributed by atoms with Crippen LogP contribution in [-0.4, -0.2) is 40.8 Å². The van der Waals surface area contributed by atoms with Gasteiger partial charge in [0.05, 0.1) is 12.3 Å². The van der Waals surface area contributed by atoms with Gasteiger partial charge in [0.15, 0.2) is 5.82 Å². The van der Waals surface area contributed by atoms with Crippen LogP contribution >= 0.6 is 11.8 Å². The fraction of sp³-hybridized carbons (Fsp3) is 0.474. The van der Waals surface area contributed by atoms with Crippen molar-refractivity contribution >= 4 is 29.4 Å². The average molecular weight is 388 g/mol. The predicted octanol–water partition coefficient (Wildman–Crippen LogP) is 3.77. The van der Waals surface area contributed by atoms with E-state index in [1.807, 2.05) is 31.7 Å². The van der Waals surface area contributed by atoms with E-state index in [9.17, 15) is 4.79 Å². The van der Waals surface area contributed by atoms with Crippen molar-refractivity contribution in [3.63, 3.8) is 0 Å². The van der Waals surface area contributed by atoms with Crippen molar-refractivity contribution in [3.8, 4) is 0 Å². The highest BCUT2D eigenvalue weighted by molar-refractivity contribution is 7.99. The van der Waals surface area contributed by atoms with Gasteiger partial charge in [0.1, 0.15) is 12.2 Å². The molecule has 2 atom stereocenters. The number of aromatic nitrogens is 2. The van der Waals surface area contributed by atoms with E-state index in [1.165, 1.54) is 10.5 Å². The van der Waals surface area contributed by atoms with Gasteiger partial charge in [-0.15, -0.1) is 11.8 Å². The Labute approximate surface area is 162 Å². The van der Waals surface area contributed by atoms with Crippen molar-refractivity contribution in [3.05, 3.63) is 35.5 Å². The number of alkyl carbamates (subject to hydrolysis) is 1. The molecule has 1 saturated heterocycles. The van der Waals surface area contributed by atoms with Crippen LogP contribution in [0, 0.1) is 0 Å². The number of benzene rings is 1. The SMILES string of the molecule is CC(C)NC(=O)OC1CO[C@@H](c2cc(Nc3ccc4c(c3)CCS4)n[nH]2)C1. The number of aryl methyl sites for hydroxylation is 1. The first-order chi connectivity index (χ1) is 13.1. The molecule has 0 spiro atoms. The molecule has 2 aliphatic rings. The normalized spacial score (nSPS) is 21.3. The Hall–Kier alpha value is -2.19. The van der Waals surface area contributed by atoms with Crippen molar-refractivity contribution < 1.29 is 14.3 Å². The maximum atomic E-state index is 11.7. The predicted molar refractivity (Wildman–Crippen MR) is 105 cm³/mol. The minimum Gasteiger partial charge on any atom is -0.444 e. The fourth-order valence-electron chi connectivity index (χ4n) is 3.30. The highest BCUT2D eigenvalue weighted by Crippen LogP contribution is 2.34. The van der Waals surface area contributed by atoms with E-state index >= 15 is 0 Å². The maximum Gasteiger partial charge on any atom is 0.407 e. The highest BCUT2D eigenvalue weighted by atomic mass is 32.2. The summed E-state index contributed by atoms with van der Waals surface area (Å²) in [4.78, 5) is 13.1. The molecule has 2 aromatic rings. The topological polar surface area (TPSA) is 88.3 Å². The summed E-state index contributed by atoms with van der Waals surface area (Å²) in [6.07, 6.45) is 0.927. The number of aromatic amines is 1. The first-order valence-corrected chi connectivity index (χ1v) is 10.2. The number of amides is 1. The number of hydrogen-bond donors (Lipinski definition) is 3. The molecule has 7 nitrogen and oxygen atoms in total. The van der Waals surface area contributed by atoms with Crippen LogP contribution in [0.4, 0.5) is 16.3 Å². The van der Waals surface area contributed by atoms with Gasteiger partial charge in [0, 0.05) is 34.9 Å². The van der Waals surface area contributed by atoms with E-state index in [-0.39, 0.29) is 18.2 Å². The summed E-state index contributed by atoms with van der Waals surface area (Å²) < 4.78 is 11.2. The van der Waals surface area contributed by atoms with Crippen LogP contribution in [0.5, 0.6) is 0 Å². The van der Waals surface area contributed by atoms with Crippen LogP contribution in [0.3, 0.4) is 0 Å². The molecular weight excluding hydrogens is 364 g/mol. The summed E-state index contributed by atoms with van der Waals surface area (Å²) in [7, 11) is 0. The molecule has 2 aliphatic heterocycles. The molecule has 1 unspecified atom stereocenters. The lowest BCUT2D eigenvalue weighted by molar-refractivity contribution is 0.0682. The summed E-state index contributed by atoms with van der Waals surface area (Å²) in [5.41, 5.74) is 3.30. The summed E-state index contributed by atoms with van der Waals surface area (Å²) in [5, 5.41) is 13.4. The monoisotopic (exact) mass is 388 g/mol. The number of nitrogens with one attached hydrogen (secondary N) is 3. The van der Waals surface area contributed by atoms with Gasteiger partial charge in [0.25, 0.3) is 0 Å². The second kappa shape index (κ2) is 7.82.